The molecule has 0 aliphatic heterocycles. The largest absolute Gasteiger partial charge is 0.467 e. The van der Waals surface area contributed by atoms with Crippen LogP contribution in [0.15, 0.2) is 65.3 Å². The second kappa shape index (κ2) is 7.55. The molecule has 144 valence electrons. The Kier molecular flexibility index (Phi) is 4.78. The maximum atomic E-state index is 12.9. The number of hydrogen-bond acceptors (Lipinski definition) is 6. The lowest BCUT2D eigenvalue weighted by Crippen LogP contribution is -2.29. The van der Waals surface area contributed by atoms with E-state index in [2.05, 4.69) is 5.32 Å². The highest BCUT2D eigenvalue weighted by Crippen LogP contribution is 2.29. The normalized spacial score (nSPS) is 12.1. The number of rotatable bonds is 5. The number of carbonyl (C=O) groups is 4. The lowest BCUT2D eigenvalue weighted by Gasteiger charge is -2.19. The second-order valence-electron chi connectivity index (χ2n) is 6.36. The minimum Gasteiger partial charge on any atom is -0.467 e. The van der Waals surface area contributed by atoms with Crippen LogP contribution < -0.4 is 5.32 Å². The van der Waals surface area contributed by atoms with Crippen molar-refractivity contribution >= 4 is 23.4 Å². The van der Waals surface area contributed by atoms with Crippen LogP contribution in [0.2, 0.25) is 0 Å². The molecule has 1 aliphatic carbocycles. The minimum atomic E-state index is -0.851. The van der Waals surface area contributed by atoms with E-state index in [1.807, 2.05) is 0 Å². The highest BCUT2D eigenvalue weighted by atomic mass is 16.5. The average molecular weight is 389 g/mol. The third-order valence-corrected chi connectivity index (χ3v) is 4.55. The Balaban J connectivity index is 1.51. The van der Waals surface area contributed by atoms with Gasteiger partial charge in [-0.05, 0) is 18.2 Å². The van der Waals surface area contributed by atoms with Crippen LogP contribution in [0.3, 0.4) is 0 Å². The number of ether oxygens (including phenoxy) is 1. The molecule has 3 aromatic rings. The average Bonchev–Trinajstić information content (AvgIpc) is 3.27. The van der Waals surface area contributed by atoms with E-state index in [1.165, 1.54) is 24.5 Å². The molecule has 7 heteroatoms. The van der Waals surface area contributed by atoms with Gasteiger partial charge in [-0.2, -0.15) is 0 Å². The third kappa shape index (κ3) is 3.45. The van der Waals surface area contributed by atoms with E-state index in [9.17, 15) is 19.2 Å². The number of amides is 1. The Morgan fingerprint density at radius 3 is 2.31 bits per heavy atom. The van der Waals surface area contributed by atoms with Gasteiger partial charge < -0.3 is 14.5 Å². The van der Waals surface area contributed by atoms with Gasteiger partial charge >= 0.3 is 5.97 Å². The van der Waals surface area contributed by atoms with Crippen molar-refractivity contribution in [3.63, 3.8) is 0 Å². The molecule has 0 spiro atoms. The first kappa shape index (κ1) is 18.4. The van der Waals surface area contributed by atoms with E-state index in [0.717, 1.165) is 0 Å². The molecular weight excluding hydrogens is 374 g/mol. The molecule has 7 nitrogen and oxygen atoms in total. The molecule has 1 aromatic heterocycles. The minimum absolute atomic E-state index is 0.00260. The summed E-state index contributed by atoms with van der Waals surface area (Å²) in [6.07, 6.45) is 1.48. The number of esters is 1. The molecule has 29 heavy (non-hydrogen) atoms. The van der Waals surface area contributed by atoms with Crippen molar-refractivity contribution in [2.24, 2.45) is 0 Å². The van der Waals surface area contributed by atoms with Gasteiger partial charge in [0.15, 0.2) is 18.2 Å². The van der Waals surface area contributed by atoms with Crippen molar-refractivity contribution in [2.75, 3.05) is 6.61 Å². The molecule has 0 saturated carbocycles. The molecule has 4 rings (SSSR count). The van der Waals surface area contributed by atoms with E-state index in [4.69, 9.17) is 9.15 Å². The number of ketones is 2. The molecule has 0 saturated heterocycles. The van der Waals surface area contributed by atoms with Crippen molar-refractivity contribution < 1.29 is 28.3 Å². The SMILES string of the molecule is O=C(COC(=O)c1cccc2c1C(=O)c1ccccc1C2=O)NCc1ccco1. The molecule has 0 bridgehead atoms. The first-order valence-electron chi connectivity index (χ1n) is 8.84. The van der Waals surface area contributed by atoms with Gasteiger partial charge in [0.1, 0.15) is 5.76 Å². The standard InChI is InChI=1S/C22H15NO6/c24-18(23-11-13-5-4-10-28-13)12-29-22(27)17-9-3-8-16-19(17)21(26)15-7-2-1-6-14(15)20(16)25/h1-10H,11-12H2,(H,23,24). The molecular formula is C22H15NO6. The summed E-state index contributed by atoms with van der Waals surface area (Å²) in [6.45, 7) is -0.365. The fourth-order valence-corrected chi connectivity index (χ4v) is 3.17. The predicted octanol–water partition coefficient (Wildman–Crippen LogP) is 2.53. The van der Waals surface area contributed by atoms with Gasteiger partial charge in [-0.3, -0.25) is 14.4 Å². The smallest absolute Gasteiger partial charge is 0.339 e. The first-order valence-corrected chi connectivity index (χ1v) is 8.84. The summed E-state index contributed by atoms with van der Waals surface area (Å²) >= 11 is 0. The van der Waals surface area contributed by atoms with Crippen molar-refractivity contribution in [1.82, 2.24) is 5.32 Å². The van der Waals surface area contributed by atoms with E-state index in [0.29, 0.717) is 11.3 Å². The molecule has 1 heterocycles. The maximum absolute atomic E-state index is 12.9. The van der Waals surface area contributed by atoms with Gasteiger partial charge in [0, 0.05) is 22.3 Å². The van der Waals surface area contributed by atoms with Crippen molar-refractivity contribution in [2.45, 2.75) is 6.54 Å². The summed E-state index contributed by atoms with van der Waals surface area (Å²) in [5, 5.41) is 2.55. The van der Waals surface area contributed by atoms with Crippen molar-refractivity contribution in [3.8, 4) is 0 Å². The summed E-state index contributed by atoms with van der Waals surface area (Å²) in [5.74, 6) is -1.57. The highest BCUT2D eigenvalue weighted by Gasteiger charge is 2.33. The topological polar surface area (TPSA) is 103 Å². The molecule has 0 unspecified atom stereocenters. The molecule has 1 aliphatic rings. The lowest BCUT2D eigenvalue weighted by atomic mass is 9.82. The van der Waals surface area contributed by atoms with E-state index in [-0.39, 0.29) is 34.6 Å². The highest BCUT2D eigenvalue weighted by molar-refractivity contribution is 6.30. The van der Waals surface area contributed by atoms with E-state index >= 15 is 0 Å². The summed E-state index contributed by atoms with van der Waals surface area (Å²) in [5.41, 5.74) is 0.631. The van der Waals surface area contributed by atoms with Crippen LogP contribution in [0.4, 0.5) is 0 Å². The van der Waals surface area contributed by atoms with Crippen molar-refractivity contribution in [3.05, 3.63) is 94.4 Å². The molecule has 1 amide bonds. The molecule has 0 atom stereocenters. The fraction of sp³-hybridized carbons (Fsp3) is 0.0909. The van der Waals surface area contributed by atoms with E-state index < -0.39 is 24.3 Å². The summed E-state index contributed by atoms with van der Waals surface area (Å²) in [7, 11) is 0. The van der Waals surface area contributed by atoms with Crippen LogP contribution in [0.25, 0.3) is 0 Å². The quantitative estimate of drug-likeness (QED) is 0.526. The number of carbonyl (C=O) groups excluding carboxylic acids is 4. The molecule has 0 radical (unpaired) electrons. The van der Waals surface area contributed by atoms with Gasteiger partial charge in [-0.25, -0.2) is 4.79 Å². The molecule has 2 aromatic carbocycles. The zero-order chi connectivity index (χ0) is 20.4. The zero-order valence-electron chi connectivity index (χ0n) is 15.1. The van der Waals surface area contributed by atoms with Crippen LogP contribution in [0.1, 0.15) is 48.0 Å². The van der Waals surface area contributed by atoms with Crippen LogP contribution >= 0.6 is 0 Å². The Bertz CT molecular complexity index is 1130. The molecule has 1 N–H and O–H groups in total. The summed E-state index contributed by atoms with van der Waals surface area (Å²) < 4.78 is 10.2. The molecule has 0 fully saturated rings. The second-order valence-corrected chi connectivity index (χ2v) is 6.36. The van der Waals surface area contributed by atoms with Crippen LogP contribution in [0, 0.1) is 0 Å². The number of hydrogen-bond donors (Lipinski definition) is 1. The summed E-state index contributed by atoms with van der Waals surface area (Å²) in [4.78, 5) is 50.0. The van der Waals surface area contributed by atoms with Gasteiger partial charge in [0.05, 0.1) is 18.4 Å². The van der Waals surface area contributed by atoms with Crippen LogP contribution in [-0.2, 0) is 16.1 Å². The number of benzene rings is 2. The van der Waals surface area contributed by atoms with Crippen LogP contribution in [-0.4, -0.2) is 30.0 Å². The van der Waals surface area contributed by atoms with E-state index in [1.54, 1.807) is 36.4 Å². The fourth-order valence-electron chi connectivity index (χ4n) is 3.17. The Hall–Kier alpha value is -4.00. The Morgan fingerprint density at radius 2 is 1.59 bits per heavy atom. The predicted molar refractivity (Wildman–Crippen MR) is 101 cm³/mol. The summed E-state index contributed by atoms with van der Waals surface area (Å²) in [6, 6.07) is 14.2. The lowest BCUT2D eigenvalue weighted by molar-refractivity contribution is -0.124. The monoisotopic (exact) mass is 389 g/mol. The number of fused-ring (bicyclic) bond motifs is 2. The van der Waals surface area contributed by atoms with Gasteiger partial charge in [-0.15, -0.1) is 0 Å². The first-order chi connectivity index (χ1) is 14.1. The zero-order valence-corrected chi connectivity index (χ0v) is 15.1. The maximum Gasteiger partial charge on any atom is 0.339 e. The third-order valence-electron chi connectivity index (χ3n) is 4.55. The van der Waals surface area contributed by atoms with Crippen LogP contribution in [0.5, 0.6) is 0 Å². The Morgan fingerprint density at radius 1 is 0.862 bits per heavy atom. The van der Waals surface area contributed by atoms with Gasteiger partial charge in [0.25, 0.3) is 5.91 Å². The number of nitrogens with one attached hydrogen (secondary N) is 1. The Labute approximate surface area is 165 Å². The van der Waals surface area contributed by atoms with Gasteiger partial charge in [-0.1, -0.05) is 36.4 Å². The van der Waals surface area contributed by atoms with Crippen molar-refractivity contribution in [1.29, 1.82) is 0 Å². The number of furan rings is 1. The van der Waals surface area contributed by atoms with Gasteiger partial charge in [0.2, 0.25) is 0 Å².